The number of halogens is 4. The van der Waals surface area contributed by atoms with E-state index in [0.29, 0.717) is 0 Å². The molecule has 0 aromatic heterocycles. The van der Waals surface area contributed by atoms with Crippen molar-refractivity contribution < 1.29 is 12.7 Å². The lowest BCUT2D eigenvalue weighted by Crippen LogP contribution is -2.07. The van der Waals surface area contributed by atoms with Gasteiger partial charge in [0.25, 0.3) is 0 Å². The average Bonchev–Trinajstić information content (AvgIpc) is 2.52. The van der Waals surface area contributed by atoms with Crippen molar-refractivity contribution >= 4 is 62.2 Å². The first-order valence-corrected chi connectivity index (χ1v) is 8.99. The minimum atomic E-state index is -4.31. The summed E-state index contributed by atoms with van der Waals surface area (Å²) in [5.74, 6) is 0. The minimum Gasteiger partial charge on any atom is -0.263 e. The third-order valence-electron chi connectivity index (χ3n) is 2.71. The van der Waals surface area contributed by atoms with Crippen molar-refractivity contribution in [2.75, 3.05) is 0 Å². The van der Waals surface area contributed by atoms with Gasteiger partial charge in [0.05, 0.1) is 25.7 Å². The van der Waals surface area contributed by atoms with Gasteiger partial charge in [-0.25, -0.2) is 0 Å². The number of nitrogens with zero attached hydrogens (tertiary/aromatic N) is 2. The second-order valence-corrected chi connectivity index (χ2v) is 7.41. The molecule has 10 heteroatoms. The van der Waals surface area contributed by atoms with Crippen molar-refractivity contribution in [3.63, 3.8) is 0 Å². The topological polar surface area (TPSA) is 79.5 Å². The molecule has 0 atom stereocenters. The van der Waals surface area contributed by atoms with Crippen LogP contribution in [0.2, 0.25) is 20.1 Å². The second-order valence-electron chi connectivity index (χ2n) is 4.25. The van der Waals surface area contributed by atoms with E-state index in [2.05, 4.69) is 9.44 Å². The maximum atomic E-state index is 12.1. The predicted octanol–water partition coefficient (Wildman–Crippen LogP) is 4.93. The van der Waals surface area contributed by atoms with Crippen LogP contribution in [0, 0.1) is 11.3 Å². The first-order chi connectivity index (χ1) is 11.3. The number of benzene rings is 2. The summed E-state index contributed by atoms with van der Waals surface area (Å²) in [4.78, 5) is -0.275. The third-order valence-corrected chi connectivity index (χ3v) is 5.18. The maximum Gasteiger partial charge on any atom is 0.358 e. The Labute approximate surface area is 158 Å². The van der Waals surface area contributed by atoms with Crippen LogP contribution in [-0.2, 0) is 14.4 Å². The van der Waals surface area contributed by atoms with Crippen LogP contribution < -0.4 is 0 Å². The van der Waals surface area contributed by atoms with Crippen LogP contribution in [0.15, 0.2) is 46.4 Å². The molecule has 2 aromatic carbocycles. The van der Waals surface area contributed by atoms with E-state index in [1.54, 1.807) is 12.1 Å². The highest BCUT2D eigenvalue weighted by molar-refractivity contribution is 7.86. The first kappa shape index (κ1) is 18.8. The molecule has 0 aliphatic rings. The lowest BCUT2D eigenvalue weighted by molar-refractivity contribution is 0.339. The van der Waals surface area contributed by atoms with Crippen molar-refractivity contribution in [3.8, 4) is 6.07 Å². The third kappa shape index (κ3) is 4.12. The zero-order valence-electron chi connectivity index (χ0n) is 11.5. The van der Waals surface area contributed by atoms with E-state index in [1.165, 1.54) is 24.3 Å². The molecule has 2 rings (SSSR count). The molecule has 0 aliphatic heterocycles. The van der Waals surface area contributed by atoms with Gasteiger partial charge in [0.1, 0.15) is 11.0 Å². The molecule has 24 heavy (non-hydrogen) atoms. The highest BCUT2D eigenvalue weighted by Crippen LogP contribution is 2.27. The molecule has 0 saturated heterocycles. The van der Waals surface area contributed by atoms with Crippen LogP contribution in [0.5, 0.6) is 0 Å². The van der Waals surface area contributed by atoms with Crippen molar-refractivity contribution in [1.29, 1.82) is 5.26 Å². The van der Waals surface area contributed by atoms with Crippen molar-refractivity contribution in [2.45, 2.75) is 4.90 Å². The summed E-state index contributed by atoms with van der Waals surface area (Å²) in [5, 5.41) is 13.0. The van der Waals surface area contributed by atoms with E-state index in [0.717, 1.165) is 6.07 Å². The molecule has 0 bridgehead atoms. The Bertz CT molecular complexity index is 948. The van der Waals surface area contributed by atoms with Gasteiger partial charge >= 0.3 is 10.1 Å². The summed E-state index contributed by atoms with van der Waals surface area (Å²) in [6, 6.07) is 9.79. The van der Waals surface area contributed by atoms with Gasteiger partial charge in [-0.05, 0) is 30.3 Å². The first-order valence-electron chi connectivity index (χ1n) is 6.07. The van der Waals surface area contributed by atoms with E-state index in [-0.39, 0.29) is 30.5 Å². The maximum absolute atomic E-state index is 12.1. The van der Waals surface area contributed by atoms with Gasteiger partial charge in [0.2, 0.25) is 0 Å². The molecule has 0 spiro atoms. The summed E-state index contributed by atoms with van der Waals surface area (Å²) in [6.07, 6.45) is 0. The number of rotatable bonds is 4. The largest absolute Gasteiger partial charge is 0.358 e. The fourth-order valence-corrected chi connectivity index (χ4v) is 3.30. The van der Waals surface area contributed by atoms with Crippen LogP contribution in [0.1, 0.15) is 5.56 Å². The summed E-state index contributed by atoms with van der Waals surface area (Å²) in [6.45, 7) is 0. The Kier molecular flexibility index (Phi) is 5.97. The fraction of sp³-hybridized carbons (Fsp3) is 0. The standard InChI is InChI=1S/C14H6Cl4N2O3S/c15-9-5-4-8(6-12(9)18)24(21,22)23-20-13(7-19)14-10(16)2-1-3-11(14)17/h1-6H/b20-13-. The molecule has 0 amide bonds. The Balaban J connectivity index is 2.40. The smallest absolute Gasteiger partial charge is 0.263 e. The number of hydrogen-bond donors (Lipinski definition) is 0. The summed E-state index contributed by atoms with van der Waals surface area (Å²) < 4.78 is 28.8. The molecule has 2 aromatic rings. The summed E-state index contributed by atoms with van der Waals surface area (Å²) >= 11 is 23.4. The van der Waals surface area contributed by atoms with E-state index in [4.69, 9.17) is 51.7 Å². The summed E-state index contributed by atoms with van der Waals surface area (Å²) in [7, 11) is -4.31. The molecule has 0 heterocycles. The molecule has 0 aliphatic carbocycles. The molecule has 124 valence electrons. The quantitative estimate of drug-likeness (QED) is 0.515. The fourth-order valence-electron chi connectivity index (χ4n) is 1.61. The lowest BCUT2D eigenvalue weighted by Gasteiger charge is -2.06. The zero-order valence-corrected chi connectivity index (χ0v) is 15.3. The average molecular weight is 424 g/mol. The Morgan fingerprint density at radius 2 is 1.62 bits per heavy atom. The van der Waals surface area contributed by atoms with Crippen LogP contribution in [0.3, 0.4) is 0 Å². The van der Waals surface area contributed by atoms with Gasteiger partial charge in [0.15, 0.2) is 5.71 Å². The van der Waals surface area contributed by atoms with Gasteiger partial charge in [-0.2, -0.15) is 13.7 Å². The van der Waals surface area contributed by atoms with Gasteiger partial charge in [0, 0.05) is 0 Å². The van der Waals surface area contributed by atoms with Crippen molar-refractivity contribution in [1.82, 2.24) is 0 Å². The number of nitriles is 1. The highest BCUT2D eigenvalue weighted by atomic mass is 35.5. The molecular weight excluding hydrogens is 418 g/mol. The van der Waals surface area contributed by atoms with Crippen LogP contribution >= 0.6 is 46.4 Å². The van der Waals surface area contributed by atoms with Crippen LogP contribution in [0.25, 0.3) is 0 Å². The van der Waals surface area contributed by atoms with Crippen molar-refractivity contribution in [2.24, 2.45) is 5.16 Å². The molecular formula is C14H6Cl4N2O3S. The predicted molar refractivity (Wildman–Crippen MR) is 93.3 cm³/mol. The van der Waals surface area contributed by atoms with E-state index < -0.39 is 15.8 Å². The summed E-state index contributed by atoms with van der Waals surface area (Å²) in [5.41, 5.74) is -0.332. The molecule has 0 radical (unpaired) electrons. The highest BCUT2D eigenvalue weighted by Gasteiger charge is 2.19. The second kappa shape index (κ2) is 7.60. The van der Waals surface area contributed by atoms with Crippen molar-refractivity contribution in [3.05, 3.63) is 62.1 Å². The SMILES string of the molecule is N#C/C(=N/OS(=O)(=O)c1ccc(Cl)c(Cl)c1)c1c(Cl)cccc1Cl. The van der Waals surface area contributed by atoms with Crippen LogP contribution in [-0.4, -0.2) is 14.1 Å². The lowest BCUT2D eigenvalue weighted by atomic mass is 10.1. The molecule has 0 saturated carbocycles. The van der Waals surface area contributed by atoms with Gasteiger partial charge < -0.3 is 0 Å². The van der Waals surface area contributed by atoms with E-state index >= 15 is 0 Å². The van der Waals surface area contributed by atoms with E-state index in [9.17, 15) is 8.42 Å². The molecule has 0 unspecified atom stereocenters. The Morgan fingerprint density at radius 1 is 1.00 bits per heavy atom. The van der Waals surface area contributed by atoms with Gasteiger partial charge in [-0.3, -0.25) is 4.28 Å². The normalized spacial score (nSPS) is 11.9. The van der Waals surface area contributed by atoms with Crippen LogP contribution in [0.4, 0.5) is 0 Å². The zero-order chi connectivity index (χ0) is 17.9. The number of oxime groups is 1. The van der Waals surface area contributed by atoms with E-state index in [1.807, 2.05) is 0 Å². The Morgan fingerprint density at radius 3 is 2.17 bits per heavy atom. The minimum absolute atomic E-state index is 0.0278. The number of hydrogen-bond acceptors (Lipinski definition) is 5. The molecule has 5 nitrogen and oxygen atoms in total. The molecule has 0 fully saturated rings. The monoisotopic (exact) mass is 422 g/mol. The Hall–Kier alpha value is -1.49. The molecule has 0 N–H and O–H groups in total. The van der Waals surface area contributed by atoms with Gasteiger partial charge in [-0.15, -0.1) is 0 Å². The van der Waals surface area contributed by atoms with Gasteiger partial charge in [-0.1, -0.05) is 57.6 Å².